The largest absolute Gasteiger partial charge is 0.460 e. The van der Waals surface area contributed by atoms with Crippen LogP contribution < -0.4 is 0 Å². The minimum absolute atomic E-state index is 0.257. The molecular formula is C21H30Cl2O4S. The maximum atomic E-state index is 12.6. The summed E-state index contributed by atoms with van der Waals surface area (Å²) in [6, 6.07) is 5.38. The zero-order valence-electron chi connectivity index (χ0n) is 17.4. The number of hydrogen-bond donors (Lipinski definition) is 0. The molecule has 0 aliphatic carbocycles. The van der Waals surface area contributed by atoms with Crippen molar-refractivity contribution < 1.29 is 19.1 Å². The number of hydrogen-bond acceptors (Lipinski definition) is 5. The van der Waals surface area contributed by atoms with Crippen molar-refractivity contribution in [2.24, 2.45) is 5.92 Å². The smallest absolute Gasteiger partial charge is 0.310 e. The molecule has 7 heteroatoms. The highest BCUT2D eigenvalue weighted by Gasteiger charge is 2.26. The number of esters is 2. The van der Waals surface area contributed by atoms with Gasteiger partial charge in [0.25, 0.3) is 0 Å². The first-order valence-corrected chi connectivity index (χ1v) is 11.0. The van der Waals surface area contributed by atoms with Gasteiger partial charge in [-0.2, -0.15) is 0 Å². The second-order valence-corrected chi connectivity index (χ2v) is 10.5. The van der Waals surface area contributed by atoms with Crippen LogP contribution >= 0.6 is 35.0 Å². The van der Waals surface area contributed by atoms with E-state index >= 15 is 0 Å². The quantitative estimate of drug-likeness (QED) is 0.333. The molecule has 0 aliphatic heterocycles. The normalized spacial score (nSPS) is 13.1. The predicted octanol–water partition coefficient (Wildman–Crippen LogP) is 6.56. The van der Waals surface area contributed by atoms with Crippen molar-refractivity contribution in [1.82, 2.24) is 0 Å². The van der Waals surface area contributed by atoms with Gasteiger partial charge in [-0.05, 0) is 72.6 Å². The van der Waals surface area contributed by atoms with Crippen LogP contribution in [-0.4, -0.2) is 28.9 Å². The lowest BCUT2D eigenvalue weighted by Crippen LogP contribution is -2.30. The van der Waals surface area contributed by atoms with Crippen molar-refractivity contribution in [2.45, 2.75) is 76.9 Å². The lowest BCUT2D eigenvalue weighted by atomic mass is 10.0. The molecule has 4 nitrogen and oxygen atoms in total. The van der Waals surface area contributed by atoms with Crippen LogP contribution in [0.2, 0.25) is 10.0 Å². The maximum Gasteiger partial charge on any atom is 0.310 e. The molecule has 28 heavy (non-hydrogen) atoms. The van der Waals surface area contributed by atoms with Crippen LogP contribution in [0, 0.1) is 5.92 Å². The molecule has 0 saturated heterocycles. The van der Waals surface area contributed by atoms with Gasteiger partial charge in [-0.25, -0.2) is 0 Å². The summed E-state index contributed by atoms with van der Waals surface area (Å²) in [5.74, 6) is -0.320. The average molecular weight is 449 g/mol. The van der Waals surface area contributed by atoms with Crippen LogP contribution in [0.3, 0.4) is 0 Å². The molecule has 1 aromatic rings. The Morgan fingerprint density at radius 3 is 2.14 bits per heavy atom. The van der Waals surface area contributed by atoms with Gasteiger partial charge >= 0.3 is 11.9 Å². The van der Waals surface area contributed by atoms with Crippen molar-refractivity contribution in [3.8, 4) is 0 Å². The first-order chi connectivity index (χ1) is 12.8. The summed E-state index contributed by atoms with van der Waals surface area (Å²) >= 11 is 13.5. The highest BCUT2D eigenvalue weighted by Crippen LogP contribution is 2.30. The second-order valence-electron chi connectivity index (χ2n) is 8.60. The van der Waals surface area contributed by atoms with Gasteiger partial charge in [0.2, 0.25) is 0 Å². The summed E-state index contributed by atoms with van der Waals surface area (Å²) in [7, 11) is 0. The number of ether oxygens (including phenoxy) is 2. The van der Waals surface area contributed by atoms with Gasteiger partial charge in [0.15, 0.2) is 0 Å². The van der Waals surface area contributed by atoms with Crippen molar-refractivity contribution >= 4 is 46.9 Å². The molecule has 0 amide bonds. The maximum absolute atomic E-state index is 12.6. The molecule has 0 N–H and O–H groups in total. The predicted molar refractivity (Wildman–Crippen MR) is 116 cm³/mol. The number of carbonyl (C=O) groups is 2. The molecule has 1 aromatic carbocycles. The van der Waals surface area contributed by atoms with Crippen molar-refractivity contribution in [1.29, 1.82) is 0 Å². The number of halogens is 2. The van der Waals surface area contributed by atoms with Crippen LogP contribution in [0.25, 0.3) is 0 Å². The van der Waals surface area contributed by atoms with E-state index < -0.39 is 11.2 Å². The minimum Gasteiger partial charge on any atom is -0.460 e. The van der Waals surface area contributed by atoms with E-state index in [4.69, 9.17) is 32.7 Å². The van der Waals surface area contributed by atoms with Crippen molar-refractivity contribution in [2.75, 3.05) is 5.75 Å². The van der Waals surface area contributed by atoms with Crippen LogP contribution in [0.15, 0.2) is 23.1 Å². The molecule has 0 bridgehead atoms. The van der Waals surface area contributed by atoms with Crippen LogP contribution in [0.4, 0.5) is 0 Å². The molecular weight excluding hydrogens is 419 g/mol. The summed E-state index contributed by atoms with van der Waals surface area (Å²) in [6.45, 7) is 11.0. The third kappa shape index (κ3) is 10.6. The number of carbonyl (C=O) groups excluding carboxylic acids is 2. The summed E-state index contributed by atoms with van der Waals surface area (Å²) in [4.78, 5) is 25.4. The Labute approximate surface area is 182 Å². The molecule has 0 saturated carbocycles. The Morgan fingerprint density at radius 1 is 1.00 bits per heavy atom. The molecule has 0 fully saturated rings. The van der Waals surface area contributed by atoms with Crippen LogP contribution in [-0.2, 0) is 19.1 Å². The summed E-state index contributed by atoms with van der Waals surface area (Å²) in [6.07, 6.45) is 1.37. The fourth-order valence-corrected chi connectivity index (χ4v) is 3.73. The van der Waals surface area contributed by atoms with E-state index in [2.05, 4.69) is 0 Å². The Hall–Kier alpha value is -0.910. The van der Waals surface area contributed by atoms with Gasteiger partial charge in [-0.1, -0.05) is 23.2 Å². The van der Waals surface area contributed by atoms with Gasteiger partial charge < -0.3 is 9.47 Å². The van der Waals surface area contributed by atoms with Crippen molar-refractivity contribution in [3.63, 3.8) is 0 Å². The van der Waals surface area contributed by atoms with Gasteiger partial charge in [-0.3, -0.25) is 9.59 Å². The summed E-state index contributed by atoms with van der Waals surface area (Å²) < 4.78 is 10.9. The molecule has 1 rings (SSSR count). The molecule has 0 heterocycles. The third-order valence-corrected chi connectivity index (χ3v) is 5.33. The lowest BCUT2D eigenvalue weighted by Gasteiger charge is -2.24. The highest BCUT2D eigenvalue weighted by atomic mass is 35.5. The molecule has 0 aliphatic rings. The minimum atomic E-state index is -0.561. The van der Waals surface area contributed by atoms with Crippen LogP contribution in [0.1, 0.15) is 60.8 Å². The van der Waals surface area contributed by atoms with E-state index in [1.54, 1.807) is 12.1 Å². The monoisotopic (exact) mass is 448 g/mol. The SMILES string of the molecule is CC(C)(C)OC(=O)CCCC(CSc1ccc(Cl)c(Cl)c1)C(=O)OC(C)(C)C. The molecule has 1 atom stereocenters. The summed E-state index contributed by atoms with van der Waals surface area (Å²) in [5, 5.41) is 0.970. The zero-order chi connectivity index (χ0) is 21.5. The first kappa shape index (κ1) is 25.1. The van der Waals surface area contributed by atoms with E-state index in [0.29, 0.717) is 28.6 Å². The summed E-state index contributed by atoms with van der Waals surface area (Å²) in [5.41, 5.74) is -1.07. The molecule has 1 unspecified atom stereocenters. The Balaban J connectivity index is 2.69. The van der Waals surface area contributed by atoms with E-state index in [-0.39, 0.29) is 24.3 Å². The average Bonchev–Trinajstić information content (AvgIpc) is 2.50. The van der Waals surface area contributed by atoms with Crippen LogP contribution in [0.5, 0.6) is 0 Å². The van der Waals surface area contributed by atoms with Gasteiger partial charge in [-0.15, -0.1) is 11.8 Å². The van der Waals surface area contributed by atoms with E-state index in [1.165, 1.54) is 11.8 Å². The first-order valence-electron chi connectivity index (χ1n) is 9.29. The number of benzene rings is 1. The fourth-order valence-electron chi connectivity index (χ4n) is 2.30. The topological polar surface area (TPSA) is 52.6 Å². The number of rotatable bonds is 8. The van der Waals surface area contributed by atoms with Crippen molar-refractivity contribution in [3.05, 3.63) is 28.2 Å². The van der Waals surface area contributed by atoms with Gasteiger partial charge in [0.05, 0.1) is 16.0 Å². The van der Waals surface area contributed by atoms with E-state index in [9.17, 15) is 9.59 Å². The van der Waals surface area contributed by atoms with E-state index in [1.807, 2.05) is 47.6 Å². The molecule has 158 valence electrons. The second kappa shape index (κ2) is 10.7. The molecule has 0 aromatic heterocycles. The van der Waals surface area contributed by atoms with Gasteiger partial charge in [0, 0.05) is 17.1 Å². The lowest BCUT2D eigenvalue weighted by molar-refractivity contribution is -0.160. The Morgan fingerprint density at radius 2 is 1.61 bits per heavy atom. The third-order valence-electron chi connectivity index (χ3n) is 3.44. The zero-order valence-corrected chi connectivity index (χ0v) is 19.8. The molecule has 0 spiro atoms. The Bertz CT molecular complexity index is 678. The Kier molecular flexibility index (Phi) is 9.65. The fraction of sp³-hybridized carbons (Fsp3) is 0.619. The standard InChI is InChI=1S/C21H30Cl2O4S/c1-20(2,3)26-18(24)9-7-8-14(19(25)27-21(4,5)6)13-28-15-10-11-16(22)17(23)12-15/h10-12,14H,7-9,13H2,1-6H3. The highest BCUT2D eigenvalue weighted by molar-refractivity contribution is 7.99. The molecule has 0 radical (unpaired) electrons. The van der Waals surface area contributed by atoms with Gasteiger partial charge in [0.1, 0.15) is 11.2 Å². The number of thioether (sulfide) groups is 1. The van der Waals surface area contributed by atoms with E-state index in [0.717, 1.165) is 4.90 Å².